The van der Waals surface area contributed by atoms with Crippen LogP contribution in [-0.4, -0.2) is 38.3 Å². The van der Waals surface area contributed by atoms with Gasteiger partial charge in [0.2, 0.25) is 5.91 Å². The molecule has 0 aromatic carbocycles. The van der Waals surface area contributed by atoms with Crippen LogP contribution in [0.1, 0.15) is 26.7 Å². The van der Waals surface area contributed by atoms with Crippen molar-refractivity contribution in [2.75, 3.05) is 20.2 Å². The highest BCUT2D eigenvalue weighted by atomic mass is 16.5. The van der Waals surface area contributed by atoms with Gasteiger partial charge in [-0.15, -0.1) is 0 Å². The lowest BCUT2D eigenvalue weighted by Gasteiger charge is -2.27. The lowest BCUT2D eigenvalue weighted by molar-refractivity contribution is -0.124. The first-order valence-electron chi connectivity index (χ1n) is 5.67. The molecule has 1 fully saturated rings. The lowest BCUT2D eigenvalue weighted by Crippen LogP contribution is -2.49. The molecule has 15 heavy (non-hydrogen) atoms. The van der Waals surface area contributed by atoms with E-state index in [4.69, 9.17) is 4.74 Å². The Bertz CT molecular complexity index is 209. The Morgan fingerprint density at radius 1 is 1.67 bits per heavy atom. The van der Waals surface area contributed by atoms with Gasteiger partial charge in [-0.05, 0) is 32.2 Å². The highest BCUT2D eigenvalue weighted by Gasteiger charge is 2.24. The van der Waals surface area contributed by atoms with Gasteiger partial charge in [0.05, 0.1) is 12.1 Å². The van der Waals surface area contributed by atoms with Crippen molar-refractivity contribution in [3.8, 4) is 0 Å². The fourth-order valence-electron chi connectivity index (χ4n) is 1.76. The zero-order chi connectivity index (χ0) is 11.3. The van der Waals surface area contributed by atoms with Crippen molar-refractivity contribution in [2.24, 2.45) is 5.92 Å². The van der Waals surface area contributed by atoms with Crippen LogP contribution in [0, 0.1) is 5.92 Å². The fraction of sp³-hybridized carbons (Fsp3) is 0.909. The van der Waals surface area contributed by atoms with Crippen molar-refractivity contribution in [1.82, 2.24) is 10.6 Å². The maximum atomic E-state index is 11.7. The summed E-state index contributed by atoms with van der Waals surface area (Å²) in [6.07, 6.45) is 2.18. The highest BCUT2D eigenvalue weighted by Crippen LogP contribution is 2.14. The molecule has 3 unspecified atom stereocenters. The number of hydrogen-bond acceptors (Lipinski definition) is 3. The molecule has 0 saturated carbocycles. The molecule has 88 valence electrons. The SMILES string of the molecule is COC(C)CNC(=O)C1CC(C)CCN1. The van der Waals surface area contributed by atoms with E-state index in [0.717, 1.165) is 19.4 Å². The van der Waals surface area contributed by atoms with Gasteiger partial charge in [-0.25, -0.2) is 0 Å². The van der Waals surface area contributed by atoms with Crippen molar-refractivity contribution >= 4 is 5.91 Å². The molecular weight excluding hydrogens is 192 g/mol. The first-order valence-corrected chi connectivity index (χ1v) is 5.67. The quantitative estimate of drug-likeness (QED) is 0.717. The van der Waals surface area contributed by atoms with Gasteiger partial charge in [0, 0.05) is 13.7 Å². The van der Waals surface area contributed by atoms with E-state index in [1.54, 1.807) is 7.11 Å². The van der Waals surface area contributed by atoms with E-state index in [-0.39, 0.29) is 18.1 Å². The maximum absolute atomic E-state index is 11.7. The predicted molar refractivity (Wildman–Crippen MR) is 59.7 cm³/mol. The zero-order valence-corrected chi connectivity index (χ0v) is 9.88. The average molecular weight is 214 g/mol. The van der Waals surface area contributed by atoms with Crippen LogP contribution < -0.4 is 10.6 Å². The zero-order valence-electron chi connectivity index (χ0n) is 9.88. The first-order chi connectivity index (χ1) is 7.13. The van der Waals surface area contributed by atoms with Crippen LogP contribution in [-0.2, 0) is 9.53 Å². The van der Waals surface area contributed by atoms with E-state index in [2.05, 4.69) is 17.6 Å². The molecule has 0 radical (unpaired) electrons. The minimum Gasteiger partial charge on any atom is -0.380 e. The van der Waals surface area contributed by atoms with Crippen LogP contribution >= 0.6 is 0 Å². The number of piperidine rings is 1. The molecule has 4 nitrogen and oxygen atoms in total. The molecule has 0 aliphatic carbocycles. The van der Waals surface area contributed by atoms with Crippen LogP contribution in [0.5, 0.6) is 0 Å². The van der Waals surface area contributed by atoms with Gasteiger partial charge in [0.25, 0.3) is 0 Å². The number of hydrogen-bond donors (Lipinski definition) is 2. The molecule has 0 bridgehead atoms. The standard InChI is InChI=1S/C11H22N2O2/c1-8-4-5-12-10(6-8)11(14)13-7-9(2)15-3/h8-10,12H,4-7H2,1-3H3,(H,13,14). The Kier molecular flexibility index (Phi) is 5.05. The molecular formula is C11H22N2O2. The van der Waals surface area contributed by atoms with Gasteiger partial charge in [-0.2, -0.15) is 0 Å². The maximum Gasteiger partial charge on any atom is 0.237 e. The average Bonchev–Trinajstić information content (AvgIpc) is 2.25. The third kappa shape index (κ3) is 4.18. The molecule has 0 spiro atoms. The molecule has 0 aromatic rings. The minimum absolute atomic E-state index is 0.0159. The Morgan fingerprint density at radius 3 is 3.00 bits per heavy atom. The van der Waals surface area contributed by atoms with Crippen molar-refractivity contribution in [2.45, 2.75) is 38.8 Å². The van der Waals surface area contributed by atoms with Crippen LogP contribution in [0.3, 0.4) is 0 Å². The number of rotatable bonds is 4. The second-order valence-corrected chi connectivity index (χ2v) is 4.43. The van der Waals surface area contributed by atoms with E-state index in [1.807, 2.05) is 6.92 Å². The Balaban J connectivity index is 2.26. The van der Waals surface area contributed by atoms with Gasteiger partial charge >= 0.3 is 0 Å². The smallest absolute Gasteiger partial charge is 0.237 e. The largest absolute Gasteiger partial charge is 0.380 e. The number of nitrogens with one attached hydrogen (secondary N) is 2. The van der Waals surface area contributed by atoms with E-state index in [1.165, 1.54) is 0 Å². The molecule has 1 rings (SSSR count). The third-order valence-corrected chi connectivity index (χ3v) is 2.95. The molecule has 1 aliphatic rings. The van der Waals surface area contributed by atoms with E-state index in [0.29, 0.717) is 12.5 Å². The predicted octanol–water partition coefficient (Wildman–Crippen LogP) is 0.526. The monoisotopic (exact) mass is 214 g/mol. The number of ether oxygens (including phenoxy) is 1. The van der Waals surface area contributed by atoms with Gasteiger partial charge in [0.1, 0.15) is 0 Å². The van der Waals surface area contributed by atoms with Crippen molar-refractivity contribution in [3.63, 3.8) is 0 Å². The normalized spacial score (nSPS) is 28.5. The number of carbonyl (C=O) groups excluding carboxylic acids is 1. The molecule has 1 saturated heterocycles. The molecule has 4 heteroatoms. The van der Waals surface area contributed by atoms with Gasteiger partial charge < -0.3 is 15.4 Å². The van der Waals surface area contributed by atoms with Crippen LogP contribution in [0.4, 0.5) is 0 Å². The van der Waals surface area contributed by atoms with Crippen LogP contribution in [0.2, 0.25) is 0 Å². The van der Waals surface area contributed by atoms with E-state index >= 15 is 0 Å². The summed E-state index contributed by atoms with van der Waals surface area (Å²) in [5.41, 5.74) is 0. The van der Waals surface area contributed by atoms with Crippen molar-refractivity contribution in [3.05, 3.63) is 0 Å². The molecule has 1 amide bonds. The van der Waals surface area contributed by atoms with E-state index < -0.39 is 0 Å². The van der Waals surface area contributed by atoms with Crippen LogP contribution in [0.15, 0.2) is 0 Å². The number of methoxy groups -OCH3 is 1. The molecule has 2 N–H and O–H groups in total. The minimum atomic E-state index is -0.0159. The third-order valence-electron chi connectivity index (χ3n) is 2.95. The summed E-state index contributed by atoms with van der Waals surface area (Å²) in [6.45, 7) is 5.66. The summed E-state index contributed by atoms with van der Waals surface area (Å²) < 4.78 is 5.07. The number of amides is 1. The van der Waals surface area contributed by atoms with E-state index in [9.17, 15) is 4.79 Å². The van der Waals surface area contributed by atoms with Gasteiger partial charge in [-0.1, -0.05) is 6.92 Å². The molecule has 1 heterocycles. The van der Waals surface area contributed by atoms with Crippen molar-refractivity contribution in [1.29, 1.82) is 0 Å². The Labute approximate surface area is 91.8 Å². The van der Waals surface area contributed by atoms with Crippen molar-refractivity contribution < 1.29 is 9.53 Å². The highest BCUT2D eigenvalue weighted by molar-refractivity contribution is 5.81. The van der Waals surface area contributed by atoms with Crippen LogP contribution in [0.25, 0.3) is 0 Å². The second kappa shape index (κ2) is 6.08. The summed E-state index contributed by atoms with van der Waals surface area (Å²) in [5, 5.41) is 6.14. The lowest BCUT2D eigenvalue weighted by atomic mass is 9.94. The summed E-state index contributed by atoms with van der Waals surface area (Å²) in [5.74, 6) is 0.743. The molecule has 1 aliphatic heterocycles. The first kappa shape index (κ1) is 12.5. The molecule has 3 atom stereocenters. The van der Waals surface area contributed by atoms with Gasteiger partial charge in [-0.3, -0.25) is 4.79 Å². The topological polar surface area (TPSA) is 50.4 Å². The summed E-state index contributed by atoms with van der Waals surface area (Å²) in [4.78, 5) is 11.7. The molecule has 0 aromatic heterocycles. The van der Waals surface area contributed by atoms with Gasteiger partial charge in [0.15, 0.2) is 0 Å². The number of carbonyl (C=O) groups is 1. The second-order valence-electron chi connectivity index (χ2n) is 4.43. The summed E-state index contributed by atoms with van der Waals surface area (Å²) in [7, 11) is 1.65. The summed E-state index contributed by atoms with van der Waals surface area (Å²) >= 11 is 0. The Hall–Kier alpha value is -0.610. The fourth-order valence-corrected chi connectivity index (χ4v) is 1.76. The Morgan fingerprint density at radius 2 is 2.40 bits per heavy atom. The summed E-state index contributed by atoms with van der Waals surface area (Å²) in [6, 6.07) is -0.0159.